The van der Waals surface area contributed by atoms with E-state index in [1.165, 1.54) is 19.1 Å². The number of amides is 1. The van der Waals surface area contributed by atoms with Gasteiger partial charge in [-0.2, -0.15) is 5.10 Å². The van der Waals surface area contributed by atoms with Crippen molar-refractivity contribution in [3.05, 3.63) is 41.2 Å². The Morgan fingerprint density at radius 1 is 1.19 bits per heavy atom. The van der Waals surface area contributed by atoms with Gasteiger partial charge in [-0.1, -0.05) is 0 Å². The SMILES string of the molecule is COc1cc(CN(CC(=O)O)C(=O)c2cnn3c2CCCC3)cc(OC)c1. The number of carboxylic acids is 1. The van der Waals surface area contributed by atoms with E-state index in [9.17, 15) is 14.7 Å². The smallest absolute Gasteiger partial charge is 0.323 e. The third-order valence-electron chi connectivity index (χ3n) is 4.61. The lowest BCUT2D eigenvalue weighted by molar-refractivity contribution is -0.137. The second-order valence-corrected chi connectivity index (χ2v) is 6.46. The minimum Gasteiger partial charge on any atom is -0.497 e. The highest BCUT2D eigenvalue weighted by Gasteiger charge is 2.25. The predicted molar refractivity (Wildman–Crippen MR) is 97.1 cm³/mol. The average Bonchev–Trinajstić information content (AvgIpc) is 3.10. The van der Waals surface area contributed by atoms with Crippen LogP contribution in [-0.4, -0.2) is 52.4 Å². The molecule has 1 aromatic heterocycles. The van der Waals surface area contributed by atoms with Crippen molar-refractivity contribution < 1.29 is 24.2 Å². The Labute approximate surface area is 157 Å². The summed E-state index contributed by atoms with van der Waals surface area (Å²) in [5.41, 5.74) is 2.08. The van der Waals surface area contributed by atoms with Crippen LogP contribution in [0, 0.1) is 0 Å². The molecule has 0 aliphatic carbocycles. The zero-order valence-electron chi connectivity index (χ0n) is 15.5. The number of ether oxygens (including phenoxy) is 2. The van der Waals surface area contributed by atoms with Gasteiger partial charge in [-0.05, 0) is 37.0 Å². The van der Waals surface area contributed by atoms with Crippen LogP contribution in [0.3, 0.4) is 0 Å². The molecule has 1 aromatic carbocycles. The van der Waals surface area contributed by atoms with Gasteiger partial charge in [0.1, 0.15) is 18.0 Å². The molecule has 0 spiro atoms. The highest BCUT2D eigenvalue weighted by Crippen LogP contribution is 2.25. The summed E-state index contributed by atoms with van der Waals surface area (Å²) in [7, 11) is 3.08. The van der Waals surface area contributed by atoms with Gasteiger partial charge in [0.25, 0.3) is 5.91 Å². The van der Waals surface area contributed by atoms with Crippen LogP contribution < -0.4 is 9.47 Å². The van der Waals surface area contributed by atoms with Gasteiger partial charge in [0.05, 0.1) is 31.7 Å². The molecule has 1 N–H and O–H groups in total. The van der Waals surface area contributed by atoms with E-state index in [-0.39, 0.29) is 12.5 Å². The molecule has 0 fully saturated rings. The Morgan fingerprint density at radius 3 is 2.52 bits per heavy atom. The Bertz CT molecular complexity index is 824. The number of carboxylic acid groups (broad SMARTS) is 1. The minimum absolute atomic E-state index is 0.128. The van der Waals surface area contributed by atoms with Crippen molar-refractivity contribution in [2.24, 2.45) is 0 Å². The number of benzene rings is 1. The number of nitrogens with zero attached hydrogens (tertiary/aromatic N) is 3. The first-order valence-electron chi connectivity index (χ1n) is 8.79. The molecule has 0 saturated heterocycles. The lowest BCUT2D eigenvalue weighted by Crippen LogP contribution is -2.35. The maximum absolute atomic E-state index is 13.1. The summed E-state index contributed by atoms with van der Waals surface area (Å²) in [6.07, 6.45) is 4.35. The largest absolute Gasteiger partial charge is 0.497 e. The Hall–Kier alpha value is -3.03. The topological polar surface area (TPSA) is 93.9 Å². The van der Waals surface area contributed by atoms with Crippen molar-refractivity contribution in [3.63, 3.8) is 0 Å². The van der Waals surface area contributed by atoms with E-state index in [0.29, 0.717) is 17.1 Å². The van der Waals surface area contributed by atoms with Crippen LogP contribution in [-0.2, 0) is 24.3 Å². The molecule has 0 atom stereocenters. The van der Waals surface area contributed by atoms with Gasteiger partial charge < -0.3 is 19.5 Å². The lowest BCUT2D eigenvalue weighted by atomic mass is 10.1. The van der Waals surface area contributed by atoms with E-state index in [0.717, 1.165) is 37.1 Å². The zero-order valence-corrected chi connectivity index (χ0v) is 15.5. The first-order chi connectivity index (χ1) is 13.0. The number of aromatic nitrogens is 2. The lowest BCUT2D eigenvalue weighted by Gasteiger charge is -2.22. The fourth-order valence-electron chi connectivity index (χ4n) is 3.31. The van der Waals surface area contributed by atoms with Crippen LogP contribution in [0.2, 0.25) is 0 Å². The van der Waals surface area contributed by atoms with Crippen LogP contribution in [0.1, 0.15) is 34.5 Å². The van der Waals surface area contributed by atoms with Gasteiger partial charge in [0, 0.05) is 19.2 Å². The number of fused-ring (bicyclic) bond motifs is 1. The van der Waals surface area contributed by atoms with Crippen molar-refractivity contribution in [1.82, 2.24) is 14.7 Å². The predicted octanol–water partition coefficient (Wildman–Crippen LogP) is 1.96. The molecular weight excluding hydrogens is 350 g/mol. The zero-order chi connectivity index (χ0) is 19.4. The highest BCUT2D eigenvalue weighted by molar-refractivity contribution is 5.96. The van der Waals surface area contributed by atoms with Gasteiger partial charge in [-0.25, -0.2) is 0 Å². The molecule has 3 rings (SSSR count). The molecule has 2 aromatic rings. The molecule has 8 heteroatoms. The first kappa shape index (κ1) is 18.8. The summed E-state index contributed by atoms with van der Waals surface area (Å²) in [5.74, 6) is -0.244. The summed E-state index contributed by atoms with van der Waals surface area (Å²) in [6, 6.07) is 5.25. The highest BCUT2D eigenvalue weighted by atomic mass is 16.5. The number of carbonyl (C=O) groups is 2. The number of rotatable bonds is 7. The van der Waals surface area contributed by atoms with Crippen LogP contribution >= 0.6 is 0 Å². The summed E-state index contributed by atoms with van der Waals surface area (Å²) in [4.78, 5) is 25.7. The standard InChI is InChI=1S/C19H23N3O5/c1-26-14-7-13(8-15(9-14)27-2)11-21(12-18(23)24)19(25)16-10-20-22-6-4-3-5-17(16)22/h7-10H,3-6,11-12H2,1-2H3,(H,23,24). The van der Waals surface area contributed by atoms with E-state index in [4.69, 9.17) is 9.47 Å². The molecule has 0 saturated carbocycles. The van der Waals surface area contributed by atoms with Gasteiger partial charge >= 0.3 is 5.97 Å². The van der Waals surface area contributed by atoms with Crippen molar-refractivity contribution in [3.8, 4) is 11.5 Å². The van der Waals surface area contributed by atoms with Gasteiger partial charge in [0.15, 0.2) is 0 Å². The van der Waals surface area contributed by atoms with Crippen LogP contribution in [0.25, 0.3) is 0 Å². The molecule has 1 aliphatic heterocycles. The molecule has 1 aliphatic rings. The Kier molecular flexibility index (Phi) is 5.63. The second kappa shape index (κ2) is 8.11. The van der Waals surface area contributed by atoms with E-state index >= 15 is 0 Å². The monoisotopic (exact) mass is 373 g/mol. The van der Waals surface area contributed by atoms with Gasteiger partial charge in [-0.3, -0.25) is 14.3 Å². The normalized spacial score (nSPS) is 13.0. The third kappa shape index (κ3) is 4.21. The number of carbonyl (C=O) groups excluding carboxylic acids is 1. The van der Waals surface area contributed by atoms with Crippen LogP contribution in [0.15, 0.2) is 24.4 Å². The quantitative estimate of drug-likeness (QED) is 0.797. The molecule has 0 radical (unpaired) electrons. The minimum atomic E-state index is -1.07. The molecule has 27 heavy (non-hydrogen) atoms. The summed E-state index contributed by atoms with van der Waals surface area (Å²) < 4.78 is 12.3. The van der Waals surface area contributed by atoms with E-state index in [1.54, 1.807) is 24.4 Å². The van der Waals surface area contributed by atoms with E-state index < -0.39 is 12.5 Å². The summed E-state index contributed by atoms with van der Waals surface area (Å²) in [6.45, 7) is 0.515. The van der Waals surface area contributed by atoms with E-state index in [2.05, 4.69) is 5.10 Å². The van der Waals surface area contributed by atoms with E-state index in [1.807, 2.05) is 4.68 Å². The van der Waals surface area contributed by atoms with Gasteiger partial charge in [0.2, 0.25) is 0 Å². The molecule has 1 amide bonds. The van der Waals surface area contributed by atoms with Crippen LogP contribution in [0.4, 0.5) is 0 Å². The van der Waals surface area contributed by atoms with Crippen molar-refractivity contribution in [1.29, 1.82) is 0 Å². The van der Waals surface area contributed by atoms with Gasteiger partial charge in [-0.15, -0.1) is 0 Å². The summed E-state index contributed by atoms with van der Waals surface area (Å²) in [5, 5.41) is 13.6. The Balaban J connectivity index is 1.89. The maximum Gasteiger partial charge on any atom is 0.323 e. The van der Waals surface area contributed by atoms with Crippen molar-refractivity contribution in [2.75, 3.05) is 20.8 Å². The number of hydrogen-bond acceptors (Lipinski definition) is 5. The number of aliphatic carboxylic acids is 1. The molecule has 2 heterocycles. The second-order valence-electron chi connectivity index (χ2n) is 6.46. The summed E-state index contributed by atoms with van der Waals surface area (Å²) >= 11 is 0. The fraction of sp³-hybridized carbons (Fsp3) is 0.421. The Morgan fingerprint density at radius 2 is 1.89 bits per heavy atom. The number of hydrogen-bond donors (Lipinski definition) is 1. The number of aryl methyl sites for hydroxylation is 1. The molecule has 0 unspecified atom stereocenters. The van der Waals surface area contributed by atoms with Crippen molar-refractivity contribution in [2.45, 2.75) is 32.4 Å². The third-order valence-corrected chi connectivity index (χ3v) is 4.61. The molecule has 8 nitrogen and oxygen atoms in total. The maximum atomic E-state index is 13.1. The molecule has 0 bridgehead atoms. The molecule has 144 valence electrons. The average molecular weight is 373 g/mol. The number of methoxy groups -OCH3 is 2. The van der Waals surface area contributed by atoms with Crippen LogP contribution in [0.5, 0.6) is 11.5 Å². The van der Waals surface area contributed by atoms with Crippen molar-refractivity contribution >= 4 is 11.9 Å². The molecular formula is C19H23N3O5. The first-order valence-corrected chi connectivity index (χ1v) is 8.79. The fourth-order valence-corrected chi connectivity index (χ4v) is 3.31.